The van der Waals surface area contributed by atoms with Gasteiger partial charge in [0.25, 0.3) is 0 Å². The second-order valence-electron chi connectivity index (χ2n) is 8.27. The minimum absolute atomic E-state index is 0.0570. The van der Waals surface area contributed by atoms with E-state index in [-0.39, 0.29) is 5.96 Å². The Hall–Kier alpha value is -2.45. The molecule has 0 spiro atoms. The van der Waals surface area contributed by atoms with Crippen LogP contribution in [0.5, 0.6) is 5.75 Å². The maximum absolute atomic E-state index is 5.94. The number of nitrogens with two attached hydrogens (primary N) is 2. The second kappa shape index (κ2) is 11.2. The van der Waals surface area contributed by atoms with Crippen LogP contribution in [0.3, 0.4) is 0 Å². The van der Waals surface area contributed by atoms with Crippen molar-refractivity contribution >= 4 is 23.0 Å². The Morgan fingerprint density at radius 3 is 2.71 bits per heavy atom. The van der Waals surface area contributed by atoms with Crippen molar-refractivity contribution in [1.82, 2.24) is 9.88 Å². The van der Waals surface area contributed by atoms with E-state index in [2.05, 4.69) is 39.1 Å². The quantitative estimate of drug-likeness (QED) is 0.264. The van der Waals surface area contributed by atoms with Gasteiger partial charge in [-0.05, 0) is 82.8 Å². The predicted octanol–water partition coefficient (Wildman–Crippen LogP) is 4.01. The van der Waals surface area contributed by atoms with Gasteiger partial charge >= 0.3 is 0 Å². The van der Waals surface area contributed by atoms with Crippen LogP contribution in [0.4, 0.5) is 0 Å². The number of aryl methyl sites for hydroxylation is 1. The van der Waals surface area contributed by atoms with Crippen molar-refractivity contribution < 1.29 is 4.74 Å². The average Bonchev–Trinajstić information content (AvgIpc) is 3.14. The summed E-state index contributed by atoms with van der Waals surface area (Å²) in [5, 5.41) is 8.73. The van der Waals surface area contributed by atoms with E-state index in [1.54, 1.807) is 11.3 Å². The van der Waals surface area contributed by atoms with Gasteiger partial charge < -0.3 is 21.1 Å². The molecule has 168 valence electrons. The lowest BCUT2D eigenvalue weighted by Gasteiger charge is -2.30. The van der Waals surface area contributed by atoms with Crippen LogP contribution in [0.15, 0.2) is 34.5 Å². The summed E-state index contributed by atoms with van der Waals surface area (Å²) in [6.45, 7) is 10.6. The van der Waals surface area contributed by atoms with Gasteiger partial charge in [-0.15, -0.1) is 16.4 Å². The Balaban J connectivity index is 1.48. The summed E-state index contributed by atoms with van der Waals surface area (Å²) in [7, 11) is 0. The molecule has 0 amide bonds. The van der Waals surface area contributed by atoms with Gasteiger partial charge in [0.05, 0.1) is 22.9 Å². The Bertz CT molecular complexity index is 901. The van der Waals surface area contributed by atoms with Gasteiger partial charge in [0, 0.05) is 12.1 Å². The first-order valence-electron chi connectivity index (χ1n) is 11.0. The molecule has 3 rings (SSSR count). The molecule has 4 N–H and O–H groups in total. The van der Waals surface area contributed by atoms with Gasteiger partial charge in [0.15, 0.2) is 0 Å². The van der Waals surface area contributed by atoms with Crippen molar-refractivity contribution in [3.8, 4) is 16.3 Å². The SMILES string of the molecule is C/C(=N\N=C(N)N)c1sc(-c2ccc(OCCCCN3CCCC(C)C3)cc2)nc1C. The maximum atomic E-state index is 5.94. The van der Waals surface area contributed by atoms with Crippen molar-refractivity contribution in [1.29, 1.82) is 0 Å². The van der Waals surface area contributed by atoms with Gasteiger partial charge in [-0.1, -0.05) is 6.92 Å². The molecule has 1 aromatic carbocycles. The molecule has 7 nitrogen and oxygen atoms in total. The zero-order valence-corrected chi connectivity index (χ0v) is 19.6. The molecule has 1 unspecified atom stereocenters. The van der Waals surface area contributed by atoms with Crippen LogP contribution in [0.2, 0.25) is 0 Å². The third kappa shape index (κ3) is 7.04. The highest BCUT2D eigenvalue weighted by Gasteiger charge is 2.15. The molecule has 0 saturated carbocycles. The maximum Gasteiger partial charge on any atom is 0.211 e. The summed E-state index contributed by atoms with van der Waals surface area (Å²) in [6, 6.07) is 8.13. The number of aromatic nitrogens is 1. The molecule has 2 aromatic rings. The van der Waals surface area contributed by atoms with E-state index < -0.39 is 0 Å². The van der Waals surface area contributed by atoms with E-state index in [1.807, 2.05) is 26.0 Å². The van der Waals surface area contributed by atoms with Crippen molar-refractivity contribution in [2.75, 3.05) is 26.2 Å². The Kier molecular flexibility index (Phi) is 8.43. The van der Waals surface area contributed by atoms with Crippen molar-refractivity contribution in [3.63, 3.8) is 0 Å². The van der Waals surface area contributed by atoms with Gasteiger partial charge in [0.2, 0.25) is 5.96 Å². The fraction of sp³-hybridized carbons (Fsp3) is 0.522. The zero-order valence-electron chi connectivity index (χ0n) is 18.8. The molecule has 8 heteroatoms. The number of thiazole rings is 1. The summed E-state index contributed by atoms with van der Waals surface area (Å²) in [5.74, 6) is 1.68. The lowest BCUT2D eigenvalue weighted by Crippen LogP contribution is -2.35. The Morgan fingerprint density at radius 2 is 2.00 bits per heavy atom. The van der Waals surface area contributed by atoms with Crippen LogP contribution >= 0.6 is 11.3 Å². The number of guanidine groups is 1. The summed E-state index contributed by atoms with van der Waals surface area (Å²) in [6.07, 6.45) is 4.98. The minimum Gasteiger partial charge on any atom is -0.494 e. The molecule has 31 heavy (non-hydrogen) atoms. The summed E-state index contributed by atoms with van der Waals surface area (Å²) in [5.41, 5.74) is 13.4. The molecule has 1 aliphatic heterocycles. The molecule has 1 atom stereocenters. The number of rotatable bonds is 9. The number of benzene rings is 1. The molecule has 2 heterocycles. The molecule has 1 fully saturated rings. The van der Waals surface area contributed by atoms with Gasteiger partial charge in [-0.25, -0.2) is 4.98 Å². The van der Waals surface area contributed by atoms with Crippen molar-refractivity contribution in [3.05, 3.63) is 34.8 Å². The second-order valence-corrected chi connectivity index (χ2v) is 9.27. The van der Waals surface area contributed by atoms with E-state index in [0.29, 0.717) is 0 Å². The van der Waals surface area contributed by atoms with Crippen molar-refractivity contribution in [2.24, 2.45) is 27.6 Å². The van der Waals surface area contributed by atoms with E-state index in [1.165, 1.54) is 38.9 Å². The number of unbranched alkanes of at least 4 members (excludes halogenated alkanes) is 1. The van der Waals surface area contributed by atoms with E-state index in [4.69, 9.17) is 16.2 Å². The molecule has 1 aliphatic rings. The average molecular weight is 443 g/mol. The fourth-order valence-electron chi connectivity index (χ4n) is 3.84. The Morgan fingerprint density at radius 1 is 1.23 bits per heavy atom. The highest BCUT2D eigenvalue weighted by atomic mass is 32.1. The normalized spacial score (nSPS) is 17.5. The van der Waals surface area contributed by atoms with Crippen LogP contribution in [0.1, 0.15) is 50.1 Å². The number of likely N-dealkylation sites (tertiary alicyclic amines) is 1. The van der Waals surface area contributed by atoms with Crippen LogP contribution < -0.4 is 16.2 Å². The van der Waals surface area contributed by atoms with Gasteiger partial charge in [-0.3, -0.25) is 0 Å². The summed E-state index contributed by atoms with van der Waals surface area (Å²) < 4.78 is 5.94. The fourth-order valence-corrected chi connectivity index (χ4v) is 4.86. The molecule has 0 aliphatic carbocycles. The third-order valence-corrected chi connectivity index (χ3v) is 6.74. The third-order valence-electron chi connectivity index (χ3n) is 5.42. The monoisotopic (exact) mass is 442 g/mol. The lowest BCUT2D eigenvalue weighted by molar-refractivity contribution is 0.177. The number of hydrogen-bond acceptors (Lipinski definition) is 6. The first-order valence-corrected chi connectivity index (χ1v) is 11.8. The lowest BCUT2D eigenvalue weighted by atomic mass is 10.0. The topological polar surface area (TPSA) is 102 Å². The van der Waals surface area contributed by atoms with E-state index in [9.17, 15) is 0 Å². The predicted molar refractivity (Wildman–Crippen MR) is 130 cm³/mol. The molecular weight excluding hydrogens is 408 g/mol. The van der Waals surface area contributed by atoms with Crippen LogP contribution in [0, 0.1) is 12.8 Å². The molecular formula is C23H34N6OS. The number of piperidine rings is 1. The summed E-state index contributed by atoms with van der Waals surface area (Å²) in [4.78, 5) is 8.25. The van der Waals surface area contributed by atoms with Crippen molar-refractivity contribution in [2.45, 2.75) is 46.5 Å². The van der Waals surface area contributed by atoms with Crippen LogP contribution in [-0.2, 0) is 0 Å². The summed E-state index contributed by atoms with van der Waals surface area (Å²) >= 11 is 1.58. The van der Waals surface area contributed by atoms with E-state index >= 15 is 0 Å². The molecule has 1 saturated heterocycles. The van der Waals surface area contributed by atoms with E-state index in [0.717, 1.165) is 51.5 Å². The molecule has 0 radical (unpaired) electrons. The van der Waals surface area contributed by atoms with Gasteiger partial charge in [0.1, 0.15) is 10.8 Å². The highest BCUT2D eigenvalue weighted by Crippen LogP contribution is 2.29. The number of ether oxygens (including phenoxy) is 1. The first-order chi connectivity index (χ1) is 14.9. The highest BCUT2D eigenvalue weighted by molar-refractivity contribution is 7.17. The number of nitrogens with zero attached hydrogens (tertiary/aromatic N) is 4. The van der Waals surface area contributed by atoms with Gasteiger partial charge in [-0.2, -0.15) is 5.10 Å². The number of hydrogen-bond donors (Lipinski definition) is 2. The smallest absolute Gasteiger partial charge is 0.211 e. The Labute approximate surface area is 189 Å². The molecule has 1 aromatic heterocycles. The van der Waals surface area contributed by atoms with Crippen LogP contribution in [0.25, 0.3) is 10.6 Å². The van der Waals surface area contributed by atoms with Crippen LogP contribution in [-0.4, -0.2) is 47.8 Å². The molecule has 0 bridgehead atoms. The minimum atomic E-state index is -0.0570. The standard InChI is InChI=1S/C23H34N6OS/c1-16-7-6-13-29(15-16)12-4-5-14-30-20-10-8-19(9-11-20)22-26-17(2)21(31-22)18(3)27-28-23(24)25/h8-11,16H,4-7,12-15H2,1-3H3,(H4,24,25,28)/b27-18+. The largest absolute Gasteiger partial charge is 0.494 e. The first kappa shape index (κ1) is 23.2. The zero-order chi connectivity index (χ0) is 22.2.